The number of nitrogens with zero attached hydrogens (tertiary/aromatic N) is 3. The Morgan fingerprint density at radius 2 is 1.92 bits per heavy atom. The van der Waals surface area contributed by atoms with E-state index in [1.165, 1.54) is 11.0 Å². The first kappa shape index (κ1) is 19.9. The molecule has 0 aliphatic carbocycles. The predicted molar refractivity (Wildman–Crippen MR) is 95.3 cm³/mol. The number of rotatable bonds is 7. The quantitative estimate of drug-likeness (QED) is 0.576. The van der Waals surface area contributed by atoms with Gasteiger partial charge in [0.05, 0.1) is 13.1 Å². The van der Waals surface area contributed by atoms with Gasteiger partial charge in [-0.25, -0.2) is 9.38 Å². The van der Waals surface area contributed by atoms with Gasteiger partial charge in [0.15, 0.2) is 5.96 Å². The topological polar surface area (TPSA) is 60.0 Å². The van der Waals surface area contributed by atoms with Crippen LogP contribution in [0.3, 0.4) is 0 Å². The van der Waals surface area contributed by atoms with Gasteiger partial charge in [0.25, 0.3) is 0 Å². The van der Waals surface area contributed by atoms with Gasteiger partial charge in [0.1, 0.15) is 5.82 Å². The van der Waals surface area contributed by atoms with Crippen LogP contribution in [0.5, 0.6) is 0 Å². The number of hydrogen-bond acceptors (Lipinski definition) is 3. The fourth-order valence-electron chi connectivity index (χ4n) is 2.02. The molecule has 1 aromatic rings. The minimum Gasteiger partial charge on any atom is -0.357 e. The summed E-state index contributed by atoms with van der Waals surface area (Å²) in [5.41, 5.74) is 1.57. The molecule has 0 fully saturated rings. The van der Waals surface area contributed by atoms with E-state index in [4.69, 9.17) is 0 Å². The summed E-state index contributed by atoms with van der Waals surface area (Å²) in [4.78, 5) is 19.5. The van der Waals surface area contributed by atoms with Crippen LogP contribution in [0.4, 0.5) is 4.39 Å². The maximum absolute atomic E-state index is 13.8. The van der Waals surface area contributed by atoms with Crippen LogP contribution < -0.4 is 10.6 Å². The van der Waals surface area contributed by atoms with Crippen molar-refractivity contribution in [1.82, 2.24) is 20.4 Å². The Bertz CT molecular complexity index is 572. The number of halogens is 1. The van der Waals surface area contributed by atoms with Crippen LogP contribution >= 0.6 is 0 Å². The van der Waals surface area contributed by atoms with E-state index in [9.17, 15) is 9.18 Å². The molecule has 0 saturated heterocycles. The van der Waals surface area contributed by atoms with Gasteiger partial charge in [-0.3, -0.25) is 4.79 Å². The van der Waals surface area contributed by atoms with E-state index in [1.54, 1.807) is 20.2 Å². The van der Waals surface area contributed by atoms with Crippen molar-refractivity contribution in [1.29, 1.82) is 0 Å². The van der Waals surface area contributed by atoms with Crippen LogP contribution in [-0.4, -0.2) is 62.9 Å². The van der Waals surface area contributed by atoms with Crippen molar-refractivity contribution in [2.24, 2.45) is 4.99 Å². The number of likely N-dealkylation sites (N-methyl/N-ethyl adjacent to an activating group) is 1. The van der Waals surface area contributed by atoms with Gasteiger partial charge >= 0.3 is 0 Å². The Labute approximate surface area is 143 Å². The molecule has 24 heavy (non-hydrogen) atoms. The van der Waals surface area contributed by atoms with E-state index < -0.39 is 0 Å². The summed E-state index contributed by atoms with van der Waals surface area (Å²) in [6.45, 7) is 3.77. The van der Waals surface area contributed by atoms with Crippen molar-refractivity contribution in [3.63, 3.8) is 0 Å². The maximum atomic E-state index is 13.8. The molecule has 0 unspecified atom stereocenters. The van der Waals surface area contributed by atoms with Crippen molar-refractivity contribution in [2.75, 3.05) is 41.3 Å². The molecular formula is C17H28FN5O. The normalized spacial score (nSPS) is 11.5. The number of benzene rings is 1. The summed E-state index contributed by atoms with van der Waals surface area (Å²) in [7, 11) is 7.22. The van der Waals surface area contributed by atoms with Crippen molar-refractivity contribution in [3.05, 3.63) is 35.1 Å². The molecule has 1 amide bonds. The van der Waals surface area contributed by atoms with Gasteiger partial charge in [0.2, 0.25) is 5.91 Å². The average molecular weight is 337 g/mol. The zero-order valence-corrected chi connectivity index (χ0v) is 15.2. The minimum absolute atomic E-state index is 0.0318. The zero-order valence-electron chi connectivity index (χ0n) is 15.2. The second-order valence-corrected chi connectivity index (χ2v) is 6.00. The third kappa shape index (κ3) is 6.95. The molecule has 0 aliphatic rings. The number of amides is 1. The summed E-state index contributed by atoms with van der Waals surface area (Å²) in [5.74, 6) is 0.319. The maximum Gasteiger partial charge on any atom is 0.241 e. The highest BCUT2D eigenvalue weighted by Gasteiger charge is 2.07. The lowest BCUT2D eigenvalue weighted by atomic mass is 10.1. The van der Waals surface area contributed by atoms with Gasteiger partial charge in [-0.1, -0.05) is 6.07 Å². The standard InChI is InChI=1S/C17H28FN5O/c1-6-19-17(21-11-16(24)23(4)5)20-10-13-7-8-15(18)14(9-13)12-22(2)3/h7-9H,6,10-12H2,1-5H3,(H2,19,20,21). The molecule has 0 heterocycles. The molecule has 0 aliphatic heterocycles. The Balaban J connectivity index is 2.76. The van der Waals surface area contributed by atoms with Gasteiger partial charge in [-0.05, 0) is 38.7 Å². The molecular weight excluding hydrogens is 309 g/mol. The highest BCUT2D eigenvalue weighted by molar-refractivity contribution is 5.86. The van der Waals surface area contributed by atoms with Crippen molar-refractivity contribution >= 4 is 11.9 Å². The number of carbonyl (C=O) groups excluding carboxylic acids is 1. The van der Waals surface area contributed by atoms with Crippen LogP contribution in [-0.2, 0) is 17.9 Å². The van der Waals surface area contributed by atoms with E-state index >= 15 is 0 Å². The monoisotopic (exact) mass is 337 g/mol. The van der Waals surface area contributed by atoms with Crippen molar-refractivity contribution in [3.8, 4) is 0 Å². The molecule has 0 radical (unpaired) electrons. The van der Waals surface area contributed by atoms with Gasteiger partial charge < -0.3 is 20.4 Å². The van der Waals surface area contributed by atoms with Crippen LogP contribution in [0, 0.1) is 5.82 Å². The average Bonchev–Trinajstić information content (AvgIpc) is 2.51. The molecule has 1 rings (SSSR count). The fourth-order valence-corrected chi connectivity index (χ4v) is 2.02. The molecule has 1 aromatic carbocycles. The van der Waals surface area contributed by atoms with E-state index in [0.717, 1.165) is 5.56 Å². The van der Waals surface area contributed by atoms with Crippen LogP contribution in [0.1, 0.15) is 18.1 Å². The number of aliphatic imine (C=N–C) groups is 1. The van der Waals surface area contributed by atoms with Crippen molar-refractivity contribution in [2.45, 2.75) is 20.0 Å². The third-order valence-electron chi connectivity index (χ3n) is 3.27. The van der Waals surface area contributed by atoms with Crippen molar-refractivity contribution < 1.29 is 9.18 Å². The number of guanidine groups is 1. The third-order valence-corrected chi connectivity index (χ3v) is 3.27. The van der Waals surface area contributed by atoms with Gasteiger partial charge in [0, 0.05) is 32.7 Å². The van der Waals surface area contributed by atoms with E-state index in [-0.39, 0.29) is 18.3 Å². The Kier molecular flexibility index (Phi) is 8.18. The zero-order chi connectivity index (χ0) is 18.1. The highest BCUT2D eigenvalue weighted by Crippen LogP contribution is 2.13. The molecule has 7 heteroatoms. The van der Waals surface area contributed by atoms with Gasteiger partial charge in [-0.15, -0.1) is 0 Å². The van der Waals surface area contributed by atoms with Crippen LogP contribution in [0.2, 0.25) is 0 Å². The molecule has 0 spiro atoms. The highest BCUT2D eigenvalue weighted by atomic mass is 19.1. The molecule has 0 aromatic heterocycles. The summed E-state index contributed by atoms with van der Waals surface area (Å²) in [5, 5.41) is 6.09. The van der Waals surface area contributed by atoms with E-state index in [1.807, 2.05) is 32.0 Å². The Hall–Kier alpha value is -2.15. The molecule has 0 atom stereocenters. The fraction of sp³-hybridized carbons (Fsp3) is 0.529. The molecule has 0 saturated carbocycles. The summed E-state index contributed by atoms with van der Waals surface area (Å²) in [6, 6.07) is 5.03. The second-order valence-electron chi connectivity index (χ2n) is 6.00. The lowest BCUT2D eigenvalue weighted by Gasteiger charge is -2.14. The smallest absolute Gasteiger partial charge is 0.241 e. The molecule has 6 nitrogen and oxygen atoms in total. The molecule has 2 N–H and O–H groups in total. The number of carbonyl (C=O) groups is 1. The first-order valence-electron chi connectivity index (χ1n) is 7.97. The van der Waals surface area contributed by atoms with E-state index in [2.05, 4.69) is 15.6 Å². The Morgan fingerprint density at radius 3 is 2.50 bits per heavy atom. The predicted octanol–water partition coefficient (Wildman–Crippen LogP) is 1.03. The van der Waals surface area contributed by atoms with Crippen LogP contribution in [0.25, 0.3) is 0 Å². The first-order valence-corrected chi connectivity index (χ1v) is 7.97. The lowest BCUT2D eigenvalue weighted by Crippen LogP contribution is -2.42. The Morgan fingerprint density at radius 1 is 1.21 bits per heavy atom. The summed E-state index contributed by atoms with van der Waals surface area (Å²) >= 11 is 0. The first-order chi connectivity index (χ1) is 11.3. The van der Waals surface area contributed by atoms with E-state index in [0.29, 0.717) is 31.2 Å². The van der Waals surface area contributed by atoms with Gasteiger partial charge in [-0.2, -0.15) is 0 Å². The minimum atomic E-state index is -0.210. The van der Waals surface area contributed by atoms with Crippen LogP contribution in [0.15, 0.2) is 23.2 Å². The SMILES string of the molecule is CCNC(=NCc1ccc(F)c(CN(C)C)c1)NCC(=O)N(C)C. The number of nitrogens with one attached hydrogen (secondary N) is 2. The lowest BCUT2D eigenvalue weighted by molar-refractivity contribution is -0.127. The second kappa shape index (κ2) is 9.87. The summed E-state index contributed by atoms with van der Waals surface area (Å²) < 4.78 is 13.8. The summed E-state index contributed by atoms with van der Waals surface area (Å²) in [6.07, 6.45) is 0. The number of hydrogen-bond donors (Lipinski definition) is 2. The largest absolute Gasteiger partial charge is 0.357 e. The molecule has 0 bridgehead atoms. The molecule has 134 valence electrons.